The minimum atomic E-state index is -2.16. The van der Waals surface area contributed by atoms with E-state index >= 15 is 0 Å². The first-order chi connectivity index (χ1) is 36.8. The van der Waals surface area contributed by atoms with Gasteiger partial charge in [0.1, 0.15) is 171 Å². The van der Waals surface area contributed by atoms with E-state index in [0.717, 1.165) is 0 Å². The molecule has 0 aromatic heterocycles. The zero-order valence-electron chi connectivity index (χ0n) is 40.8. The molecule has 0 aliphatic carbocycles. The van der Waals surface area contributed by atoms with Crippen molar-refractivity contribution in [2.75, 3.05) is 46.2 Å². The summed E-state index contributed by atoms with van der Waals surface area (Å²) >= 11 is 0. The predicted molar refractivity (Wildman–Crippen MR) is 232 cm³/mol. The van der Waals surface area contributed by atoms with Crippen molar-refractivity contribution in [3.63, 3.8) is 0 Å². The van der Waals surface area contributed by atoms with E-state index in [-0.39, 0.29) is 0 Å². The van der Waals surface area contributed by atoms with E-state index in [1.807, 2.05) is 0 Å². The fraction of sp³-hybridized carbons (Fsp3) is 1.00. The second-order valence-corrected chi connectivity index (χ2v) is 19.7. The van der Waals surface area contributed by atoms with Crippen molar-refractivity contribution < 1.29 is 179 Å². The van der Waals surface area contributed by atoms with Gasteiger partial charge in [-0.3, -0.25) is 0 Å². The molecule has 7 saturated heterocycles. The molecule has 1 unspecified atom stereocenters. The zero-order valence-corrected chi connectivity index (χ0v) is 40.8. The van der Waals surface area contributed by atoms with E-state index in [2.05, 4.69) is 0 Å². The van der Waals surface area contributed by atoms with Crippen LogP contribution in [0.3, 0.4) is 0 Å². The molecule has 7 fully saturated rings. The Kier molecular flexibility index (Phi) is 22.6. The Hall–Kier alpha value is -1.44. The molecule has 7 aliphatic rings. The van der Waals surface area contributed by atoms with Gasteiger partial charge in [-0.05, 0) is 0 Å². The van der Waals surface area contributed by atoms with Gasteiger partial charge in [0.25, 0.3) is 0 Å². The summed E-state index contributed by atoms with van der Waals surface area (Å²) < 4.78 is 72.2. The Balaban J connectivity index is 1.06. The Morgan fingerprint density at radius 2 is 0.449 bits per heavy atom. The third-order valence-electron chi connectivity index (χ3n) is 14.5. The van der Waals surface area contributed by atoms with E-state index in [4.69, 9.17) is 61.6 Å². The third kappa shape index (κ3) is 13.5. The lowest BCUT2D eigenvalue weighted by Crippen LogP contribution is -2.66. The topological polar surface area (TPSA) is 585 Å². The number of aliphatic hydroxyl groups is 23. The average molecular weight is 1150 g/mol. The number of hydrogen-bond donors (Lipinski definition) is 23. The van der Waals surface area contributed by atoms with Gasteiger partial charge >= 0.3 is 0 Å². The van der Waals surface area contributed by atoms with Crippen molar-refractivity contribution >= 4 is 0 Å². The summed E-state index contributed by atoms with van der Waals surface area (Å²) in [5, 5.41) is 242. The fourth-order valence-corrected chi connectivity index (χ4v) is 9.57. The summed E-state index contributed by atoms with van der Waals surface area (Å²) in [5.74, 6) is 0. The van der Waals surface area contributed by atoms with Crippen LogP contribution in [0.1, 0.15) is 0 Å². The lowest BCUT2D eigenvalue weighted by Gasteiger charge is -2.47. The molecule has 36 heteroatoms. The van der Waals surface area contributed by atoms with Gasteiger partial charge in [0.2, 0.25) is 0 Å². The molecule has 0 amide bonds. The van der Waals surface area contributed by atoms with Gasteiger partial charge in [0, 0.05) is 0 Å². The van der Waals surface area contributed by atoms with Gasteiger partial charge < -0.3 is 179 Å². The van der Waals surface area contributed by atoms with Crippen LogP contribution in [0.25, 0.3) is 0 Å². The summed E-state index contributed by atoms with van der Waals surface area (Å²) in [6.45, 7) is -6.25. The average Bonchev–Trinajstić information content (AvgIpc) is 3.49. The Bertz CT molecular complexity index is 1810. The molecule has 23 N–H and O–H groups in total. The summed E-state index contributed by atoms with van der Waals surface area (Å²) in [7, 11) is 0. The molecule has 7 heterocycles. The highest BCUT2D eigenvalue weighted by molar-refractivity contribution is 4.99. The minimum absolute atomic E-state index is 0.832. The number of hydrogen-bond acceptors (Lipinski definition) is 36. The van der Waals surface area contributed by atoms with Crippen molar-refractivity contribution in [2.24, 2.45) is 0 Å². The van der Waals surface area contributed by atoms with Gasteiger partial charge in [-0.15, -0.1) is 0 Å². The lowest BCUT2D eigenvalue weighted by atomic mass is 9.96. The van der Waals surface area contributed by atoms with Gasteiger partial charge in [-0.1, -0.05) is 0 Å². The summed E-state index contributed by atoms with van der Waals surface area (Å²) in [4.78, 5) is 0. The van der Waals surface area contributed by atoms with Crippen molar-refractivity contribution in [2.45, 2.75) is 215 Å². The standard InChI is InChI=1S/C42H72O36/c43-1-8-15(46)23(54)28(59)37(71-8)66-6-13-20(51)35(78-42-31(62)25(56)17(48)10(3-45)73-42)33(64)40(76-13)69-5-12-19(50)26(57)29(60)38(74-12)67-7-14-21(52)34(77-41-30(61)24(55)16(47)9(2-44)72-41)32(63)39(75-14)68-4-11-18(49)22(53)27(58)36(65)70-11/h8-65H,1-7H2/t8-,9-,10-,11-,12-,13-,14-,15-,16-,17-,18-,19-,20-,21-,22+,23+,24+,25+,26+,27-,28-,29-,30-,31-,32-,33-,34+,35+,36?,37-,38-,39-,40-,41+,42+/m1/s1. The predicted octanol–water partition coefficient (Wildman–Crippen LogP) is -16.3. The maximum absolute atomic E-state index is 11.5. The van der Waals surface area contributed by atoms with Crippen molar-refractivity contribution in [3.8, 4) is 0 Å². The molecular weight excluding hydrogens is 1080 g/mol. The van der Waals surface area contributed by atoms with Crippen molar-refractivity contribution in [1.29, 1.82) is 0 Å². The van der Waals surface area contributed by atoms with Crippen LogP contribution in [-0.2, 0) is 61.6 Å². The van der Waals surface area contributed by atoms with E-state index in [9.17, 15) is 117 Å². The number of ether oxygens (including phenoxy) is 13. The molecule has 0 spiro atoms. The third-order valence-corrected chi connectivity index (χ3v) is 14.5. The molecule has 456 valence electrons. The van der Waals surface area contributed by atoms with E-state index in [0.29, 0.717) is 0 Å². The van der Waals surface area contributed by atoms with E-state index in [1.54, 1.807) is 0 Å². The van der Waals surface area contributed by atoms with Crippen LogP contribution in [0.4, 0.5) is 0 Å². The minimum Gasteiger partial charge on any atom is -0.394 e. The zero-order chi connectivity index (χ0) is 57.3. The van der Waals surface area contributed by atoms with Crippen LogP contribution in [0.5, 0.6) is 0 Å². The highest BCUT2D eigenvalue weighted by Crippen LogP contribution is 2.35. The molecule has 7 aliphatic heterocycles. The van der Waals surface area contributed by atoms with Crippen molar-refractivity contribution in [3.05, 3.63) is 0 Å². The number of aliphatic hydroxyl groups excluding tert-OH is 23. The maximum Gasteiger partial charge on any atom is 0.187 e. The molecule has 0 saturated carbocycles. The Morgan fingerprint density at radius 1 is 0.218 bits per heavy atom. The van der Waals surface area contributed by atoms with Gasteiger partial charge in [0.05, 0.1) is 46.2 Å². The van der Waals surface area contributed by atoms with Crippen LogP contribution in [0, 0.1) is 0 Å². The molecule has 0 aromatic carbocycles. The molecular formula is C42H72O36. The lowest BCUT2D eigenvalue weighted by molar-refractivity contribution is -0.375. The van der Waals surface area contributed by atoms with Crippen LogP contribution in [-0.4, -0.2) is 379 Å². The SMILES string of the molecule is OC[C@H]1O[C@@H](OC[C@H]2O[C@@H](OC[C@H]3O[C@@H](OC[C@H]4O[C@@H](OC[C@H]5OC(O)[C@H](O)[C@@H](O)[C@@H]5O)[C@H](O)[C@@H](O[C@@H]5O[C@H](CO)[C@@H](O)[C@H](O)[C@H]5O)[C@@H]4O)[C@H](O)[C@@H](O)[C@@H]3O)[C@H](O)[C@@H](O[C@@H]3O[C@H](CO)[C@@H](O)[C@H](O)[C@H]3O)[C@@H]2O)[C@H](O)[C@@H](O)[C@@H]1O. The van der Waals surface area contributed by atoms with Crippen LogP contribution >= 0.6 is 0 Å². The second kappa shape index (κ2) is 27.5. The summed E-state index contributed by atoms with van der Waals surface area (Å²) in [6.07, 6.45) is -67.5. The van der Waals surface area contributed by atoms with Gasteiger partial charge in [-0.2, -0.15) is 0 Å². The largest absolute Gasteiger partial charge is 0.394 e. The summed E-state index contributed by atoms with van der Waals surface area (Å²) in [5.41, 5.74) is 0. The highest BCUT2D eigenvalue weighted by Gasteiger charge is 2.56. The monoisotopic (exact) mass is 1150 g/mol. The Labute approximate surface area is 439 Å². The Morgan fingerprint density at radius 3 is 0.769 bits per heavy atom. The molecule has 36 nitrogen and oxygen atoms in total. The van der Waals surface area contributed by atoms with E-state index < -0.39 is 261 Å². The van der Waals surface area contributed by atoms with E-state index in [1.165, 1.54) is 0 Å². The molecule has 35 atom stereocenters. The molecule has 0 radical (unpaired) electrons. The summed E-state index contributed by atoms with van der Waals surface area (Å²) in [6, 6.07) is 0. The van der Waals surface area contributed by atoms with Gasteiger partial charge in [0.15, 0.2) is 44.0 Å². The first-order valence-corrected chi connectivity index (χ1v) is 24.6. The second-order valence-electron chi connectivity index (χ2n) is 19.7. The van der Waals surface area contributed by atoms with Crippen LogP contribution < -0.4 is 0 Å². The van der Waals surface area contributed by atoms with Crippen LogP contribution in [0.15, 0.2) is 0 Å². The first-order valence-electron chi connectivity index (χ1n) is 24.6. The molecule has 0 aromatic rings. The quantitative estimate of drug-likeness (QED) is 0.0571. The van der Waals surface area contributed by atoms with Crippen molar-refractivity contribution in [1.82, 2.24) is 0 Å². The number of rotatable bonds is 19. The first kappa shape index (κ1) is 64.1. The fourth-order valence-electron chi connectivity index (χ4n) is 9.57. The highest BCUT2D eigenvalue weighted by atomic mass is 16.8. The molecule has 78 heavy (non-hydrogen) atoms. The van der Waals surface area contributed by atoms with Crippen LogP contribution in [0.2, 0.25) is 0 Å². The smallest absolute Gasteiger partial charge is 0.187 e. The normalized spacial score (nSPS) is 53.5. The van der Waals surface area contributed by atoms with Gasteiger partial charge in [-0.25, -0.2) is 0 Å². The maximum atomic E-state index is 11.5. The molecule has 7 rings (SSSR count). The molecule has 0 bridgehead atoms.